The second-order valence-corrected chi connectivity index (χ2v) is 5.47. The maximum Gasteiger partial charge on any atom is 0.216 e. The van der Waals surface area contributed by atoms with Crippen molar-refractivity contribution in [3.63, 3.8) is 0 Å². The molecule has 0 amide bonds. The highest BCUT2D eigenvalue weighted by Crippen LogP contribution is 2.03. The Morgan fingerprint density at radius 2 is 2.33 bits per heavy atom. The normalized spacial score (nSPS) is 14.1. The van der Waals surface area contributed by atoms with Gasteiger partial charge >= 0.3 is 0 Å². The SMILES string of the molecule is Cc1cc(CNS(=O)(=O)C(C)CO)no1. The number of nitrogens with one attached hydrogen (secondary N) is 1. The fourth-order valence-corrected chi connectivity index (χ4v) is 1.75. The van der Waals surface area contributed by atoms with Crippen molar-refractivity contribution in [2.24, 2.45) is 0 Å². The van der Waals surface area contributed by atoms with Crippen LogP contribution in [0.15, 0.2) is 10.6 Å². The summed E-state index contributed by atoms with van der Waals surface area (Å²) in [6.07, 6.45) is 0. The van der Waals surface area contributed by atoms with Gasteiger partial charge in [0.15, 0.2) is 0 Å². The lowest BCUT2D eigenvalue weighted by Gasteiger charge is -2.09. The molecule has 1 aromatic rings. The number of sulfonamides is 1. The van der Waals surface area contributed by atoms with Gasteiger partial charge in [-0.3, -0.25) is 0 Å². The predicted molar refractivity (Wildman–Crippen MR) is 53.5 cm³/mol. The van der Waals surface area contributed by atoms with Gasteiger partial charge in [0.05, 0.1) is 24.1 Å². The molecule has 86 valence electrons. The summed E-state index contributed by atoms with van der Waals surface area (Å²) in [5, 5.41) is 11.5. The molecule has 0 radical (unpaired) electrons. The minimum atomic E-state index is -3.48. The van der Waals surface area contributed by atoms with Crippen molar-refractivity contribution in [1.29, 1.82) is 0 Å². The molecule has 0 saturated heterocycles. The minimum Gasteiger partial charge on any atom is -0.395 e. The van der Waals surface area contributed by atoms with Crippen molar-refractivity contribution in [2.75, 3.05) is 6.61 Å². The zero-order chi connectivity index (χ0) is 11.5. The Labute approximate surface area is 88.3 Å². The fourth-order valence-electron chi connectivity index (χ4n) is 0.916. The van der Waals surface area contributed by atoms with Gasteiger partial charge in [0.2, 0.25) is 10.0 Å². The molecule has 1 aromatic heterocycles. The third-order valence-electron chi connectivity index (χ3n) is 1.92. The monoisotopic (exact) mass is 234 g/mol. The largest absolute Gasteiger partial charge is 0.395 e. The number of aromatic nitrogens is 1. The van der Waals surface area contributed by atoms with E-state index in [2.05, 4.69) is 9.88 Å². The number of aryl methyl sites for hydroxylation is 1. The van der Waals surface area contributed by atoms with Crippen LogP contribution in [0.4, 0.5) is 0 Å². The lowest BCUT2D eigenvalue weighted by molar-refractivity contribution is 0.294. The van der Waals surface area contributed by atoms with Gasteiger partial charge in [-0.2, -0.15) is 0 Å². The Kier molecular flexibility index (Phi) is 3.83. The quantitative estimate of drug-likeness (QED) is 0.735. The molecule has 2 N–H and O–H groups in total. The third-order valence-corrected chi connectivity index (χ3v) is 3.67. The van der Waals surface area contributed by atoms with Crippen LogP contribution in [-0.4, -0.2) is 30.5 Å². The van der Waals surface area contributed by atoms with Gasteiger partial charge in [0.25, 0.3) is 0 Å². The molecule has 1 heterocycles. The van der Waals surface area contributed by atoms with Gasteiger partial charge in [-0.15, -0.1) is 0 Å². The van der Waals surface area contributed by atoms with Gasteiger partial charge < -0.3 is 9.63 Å². The van der Waals surface area contributed by atoms with Crippen LogP contribution >= 0.6 is 0 Å². The van der Waals surface area contributed by atoms with E-state index in [9.17, 15) is 8.42 Å². The zero-order valence-corrected chi connectivity index (χ0v) is 9.41. The molecule has 0 aliphatic rings. The van der Waals surface area contributed by atoms with Gasteiger partial charge in [-0.1, -0.05) is 5.16 Å². The molecular weight excluding hydrogens is 220 g/mol. The van der Waals surface area contributed by atoms with E-state index in [4.69, 9.17) is 9.63 Å². The van der Waals surface area contributed by atoms with Crippen LogP contribution in [0.3, 0.4) is 0 Å². The standard InChI is InChI=1S/C8H14N2O4S/c1-6-3-8(10-14-6)4-9-15(12,13)7(2)5-11/h3,7,9,11H,4-5H2,1-2H3. The van der Waals surface area contributed by atoms with Crippen molar-refractivity contribution in [1.82, 2.24) is 9.88 Å². The average Bonchev–Trinajstić information content (AvgIpc) is 2.60. The summed E-state index contributed by atoms with van der Waals surface area (Å²) < 4.78 is 29.9. The number of aliphatic hydroxyl groups is 1. The van der Waals surface area contributed by atoms with Crippen LogP contribution in [0, 0.1) is 6.92 Å². The summed E-state index contributed by atoms with van der Waals surface area (Å²) in [5.74, 6) is 0.624. The van der Waals surface area contributed by atoms with Crippen molar-refractivity contribution < 1.29 is 18.0 Å². The van der Waals surface area contributed by atoms with Crippen molar-refractivity contribution in [3.8, 4) is 0 Å². The summed E-state index contributed by atoms with van der Waals surface area (Å²) in [6, 6.07) is 1.64. The Bertz CT molecular complexity index is 412. The summed E-state index contributed by atoms with van der Waals surface area (Å²) in [7, 11) is -3.48. The van der Waals surface area contributed by atoms with Gasteiger partial charge in [-0.05, 0) is 13.8 Å². The van der Waals surface area contributed by atoms with E-state index >= 15 is 0 Å². The van der Waals surface area contributed by atoms with Crippen LogP contribution in [0.1, 0.15) is 18.4 Å². The molecule has 15 heavy (non-hydrogen) atoms. The first-order valence-electron chi connectivity index (χ1n) is 4.47. The predicted octanol–water partition coefficient (Wildman–Crippen LogP) is -0.217. The van der Waals surface area contributed by atoms with Crippen LogP contribution in [0.5, 0.6) is 0 Å². The highest BCUT2D eigenvalue weighted by atomic mass is 32.2. The van der Waals surface area contributed by atoms with Gasteiger partial charge in [-0.25, -0.2) is 13.1 Å². The molecule has 0 aliphatic carbocycles. The van der Waals surface area contributed by atoms with Crippen molar-refractivity contribution in [2.45, 2.75) is 25.6 Å². The summed E-state index contributed by atoms with van der Waals surface area (Å²) in [4.78, 5) is 0. The second-order valence-electron chi connectivity index (χ2n) is 3.29. The molecule has 1 unspecified atom stereocenters. The van der Waals surface area contributed by atoms with Gasteiger partial charge in [0.1, 0.15) is 5.76 Å². The van der Waals surface area contributed by atoms with Crippen LogP contribution in [0.2, 0.25) is 0 Å². The molecule has 7 heteroatoms. The highest BCUT2D eigenvalue weighted by Gasteiger charge is 2.19. The molecule has 1 rings (SSSR count). The maximum absolute atomic E-state index is 11.4. The Morgan fingerprint density at radius 1 is 1.67 bits per heavy atom. The minimum absolute atomic E-state index is 0.0734. The van der Waals surface area contributed by atoms with E-state index in [1.165, 1.54) is 6.92 Å². The fraction of sp³-hybridized carbons (Fsp3) is 0.625. The van der Waals surface area contributed by atoms with Crippen molar-refractivity contribution in [3.05, 3.63) is 17.5 Å². The number of nitrogens with zero attached hydrogens (tertiary/aromatic N) is 1. The number of hydrogen-bond acceptors (Lipinski definition) is 5. The first-order chi connectivity index (χ1) is 6.95. The first kappa shape index (κ1) is 12.2. The topological polar surface area (TPSA) is 92.4 Å². The number of rotatable bonds is 5. The lowest BCUT2D eigenvalue weighted by atomic mass is 10.4. The molecule has 0 aromatic carbocycles. The second kappa shape index (κ2) is 4.73. The van der Waals surface area contributed by atoms with Crippen LogP contribution in [-0.2, 0) is 16.6 Å². The van der Waals surface area contributed by atoms with E-state index in [1.807, 2.05) is 0 Å². The molecule has 0 spiro atoms. The molecule has 0 fully saturated rings. The van der Waals surface area contributed by atoms with E-state index in [-0.39, 0.29) is 6.54 Å². The van der Waals surface area contributed by atoms with Crippen molar-refractivity contribution >= 4 is 10.0 Å². The Hall–Kier alpha value is -0.920. The molecule has 0 saturated carbocycles. The Balaban J connectivity index is 2.57. The highest BCUT2D eigenvalue weighted by molar-refractivity contribution is 7.90. The summed E-state index contributed by atoms with van der Waals surface area (Å²) in [6.45, 7) is 2.81. The van der Waals surface area contributed by atoms with Crippen LogP contribution < -0.4 is 4.72 Å². The number of aliphatic hydroxyl groups excluding tert-OH is 1. The van der Waals surface area contributed by atoms with E-state index in [0.29, 0.717) is 11.5 Å². The average molecular weight is 234 g/mol. The maximum atomic E-state index is 11.4. The van der Waals surface area contributed by atoms with E-state index in [0.717, 1.165) is 0 Å². The third kappa shape index (κ3) is 3.29. The van der Waals surface area contributed by atoms with E-state index in [1.54, 1.807) is 13.0 Å². The van der Waals surface area contributed by atoms with Crippen LogP contribution in [0.25, 0.3) is 0 Å². The molecule has 0 bridgehead atoms. The summed E-state index contributed by atoms with van der Waals surface area (Å²) in [5.41, 5.74) is 0.515. The molecule has 6 nitrogen and oxygen atoms in total. The first-order valence-corrected chi connectivity index (χ1v) is 6.02. The zero-order valence-electron chi connectivity index (χ0n) is 8.60. The molecule has 0 aliphatic heterocycles. The summed E-state index contributed by atoms with van der Waals surface area (Å²) >= 11 is 0. The molecular formula is C8H14N2O4S. The Morgan fingerprint density at radius 3 is 2.80 bits per heavy atom. The van der Waals surface area contributed by atoms with E-state index < -0.39 is 21.9 Å². The lowest BCUT2D eigenvalue weighted by Crippen LogP contribution is -2.34. The molecule has 1 atom stereocenters. The smallest absolute Gasteiger partial charge is 0.216 e. The number of hydrogen-bond donors (Lipinski definition) is 2. The van der Waals surface area contributed by atoms with Gasteiger partial charge in [0, 0.05) is 6.07 Å².